The SMILES string of the molecule is COc1cc(C(=O)N2C[C@H]3CC[C@@H]2[C@@H]3N)cc2nc(-c3cc4ccc(CC5CCNCC5)cc4n3CC3CC3)n(C)c12. The van der Waals surface area contributed by atoms with Crippen molar-refractivity contribution in [3.05, 3.63) is 47.5 Å². The Labute approximate surface area is 247 Å². The third-order valence-electron chi connectivity index (χ3n) is 10.6. The van der Waals surface area contributed by atoms with Gasteiger partial charge in [-0.1, -0.05) is 12.1 Å². The van der Waals surface area contributed by atoms with Crippen LogP contribution >= 0.6 is 0 Å². The molecule has 0 radical (unpaired) electrons. The van der Waals surface area contributed by atoms with Crippen LogP contribution in [-0.4, -0.2) is 63.8 Å². The first kappa shape index (κ1) is 26.3. The van der Waals surface area contributed by atoms with Gasteiger partial charge in [-0.3, -0.25) is 4.79 Å². The van der Waals surface area contributed by atoms with E-state index >= 15 is 0 Å². The van der Waals surface area contributed by atoms with Crippen LogP contribution in [0.4, 0.5) is 0 Å². The van der Waals surface area contributed by atoms with Crippen molar-refractivity contribution in [3.8, 4) is 17.3 Å². The highest BCUT2D eigenvalue weighted by Crippen LogP contribution is 2.40. The molecule has 2 bridgehead atoms. The van der Waals surface area contributed by atoms with Crippen molar-refractivity contribution >= 4 is 27.8 Å². The van der Waals surface area contributed by atoms with E-state index in [0.29, 0.717) is 17.2 Å². The van der Waals surface area contributed by atoms with Gasteiger partial charge in [0.1, 0.15) is 11.3 Å². The summed E-state index contributed by atoms with van der Waals surface area (Å²) in [6, 6.07) is 13.4. The Balaban J connectivity index is 1.19. The Morgan fingerprint density at radius 3 is 2.60 bits per heavy atom. The molecule has 8 nitrogen and oxygen atoms in total. The number of rotatable bonds is 7. The zero-order chi connectivity index (χ0) is 28.5. The van der Waals surface area contributed by atoms with Gasteiger partial charge in [0.05, 0.1) is 18.3 Å². The number of likely N-dealkylation sites (tertiary alicyclic amines) is 1. The number of nitrogens with one attached hydrogen (secondary N) is 1. The number of carbonyl (C=O) groups excluding carboxylic acids is 1. The molecule has 2 aliphatic heterocycles. The van der Waals surface area contributed by atoms with Crippen LogP contribution in [0, 0.1) is 17.8 Å². The summed E-state index contributed by atoms with van der Waals surface area (Å²) >= 11 is 0. The normalized spacial score (nSPS) is 24.4. The highest BCUT2D eigenvalue weighted by atomic mass is 16.5. The number of imidazole rings is 1. The molecule has 220 valence electrons. The van der Waals surface area contributed by atoms with Gasteiger partial charge in [0, 0.05) is 48.7 Å². The number of piperidine rings is 2. The summed E-state index contributed by atoms with van der Waals surface area (Å²) in [4.78, 5) is 20.9. The molecule has 4 heterocycles. The highest BCUT2D eigenvalue weighted by Gasteiger charge is 2.47. The van der Waals surface area contributed by atoms with Gasteiger partial charge in [-0.25, -0.2) is 4.98 Å². The monoisotopic (exact) mass is 566 g/mol. The fraction of sp³-hybridized carbons (Fsp3) is 0.529. The Hall–Kier alpha value is -3.36. The molecule has 2 aromatic carbocycles. The van der Waals surface area contributed by atoms with E-state index in [-0.39, 0.29) is 18.0 Å². The maximum Gasteiger partial charge on any atom is 0.254 e. The minimum Gasteiger partial charge on any atom is -0.494 e. The molecule has 3 N–H and O–H groups in total. The first-order valence-corrected chi connectivity index (χ1v) is 15.9. The molecule has 4 fully saturated rings. The zero-order valence-electron chi connectivity index (χ0n) is 24.8. The predicted octanol–water partition coefficient (Wildman–Crippen LogP) is 4.72. The molecule has 3 atom stereocenters. The summed E-state index contributed by atoms with van der Waals surface area (Å²) < 4.78 is 10.5. The molecular formula is C34H42N6O2. The lowest BCUT2D eigenvalue weighted by molar-refractivity contribution is 0.0700. The molecule has 1 amide bonds. The van der Waals surface area contributed by atoms with Crippen LogP contribution in [0.2, 0.25) is 0 Å². The van der Waals surface area contributed by atoms with Crippen LogP contribution in [0.1, 0.15) is 54.4 Å². The van der Waals surface area contributed by atoms with Crippen LogP contribution in [0.3, 0.4) is 0 Å². The van der Waals surface area contributed by atoms with E-state index in [1.54, 1.807) is 7.11 Å². The first-order valence-electron chi connectivity index (χ1n) is 15.9. The number of hydrogen-bond acceptors (Lipinski definition) is 5. The molecule has 4 aromatic rings. The average molecular weight is 567 g/mol. The lowest BCUT2D eigenvalue weighted by Gasteiger charge is -2.27. The van der Waals surface area contributed by atoms with E-state index < -0.39 is 0 Å². The lowest BCUT2D eigenvalue weighted by atomic mass is 9.91. The summed E-state index contributed by atoms with van der Waals surface area (Å²) in [5.74, 6) is 3.52. The van der Waals surface area contributed by atoms with Crippen molar-refractivity contribution in [3.63, 3.8) is 0 Å². The third kappa shape index (κ3) is 4.33. The molecule has 8 rings (SSSR count). The molecule has 2 aromatic heterocycles. The van der Waals surface area contributed by atoms with Gasteiger partial charge < -0.3 is 29.8 Å². The quantitative estimate of drug-likeness (QED) is 0.338. The zero-order valence-corrected chi connectivity index (χ0v) is 24.8. The van der Waals surface area contributed by atoms with Gasteiger partial charge in [0.25, 0.3) is 5.91 Å². The van der Waals surface area contributed by atoms with Crippen molar-refractivity contribution in [2.75, 3.05) is 26.7 Å². The molecule has 0 spiro atoms. The van der Waals surface area contributed by atoms with Crippen LogP contribution in [0.5, 0.6) is 5.75 Å². The minimum atomic E-state index is 0.0363. The van der Waals surface area contributed by atoms with Crippen molar-refractivity contribution in [1.82, 2.24) is 24.3 Å². The summed E-state index contributed by atoms with van der Waals surface area (Å²) in [7, 11) is 3.74. The Morgan fingerprint density at radius 2 is 1.88 bits per heavy atom. The second kappa shape index (κ2) is 10.1. The van der Waals surface area contributed by atoms with Gasteiger partial charge in [-0.05, 0) is 106 Å². The Morgan fingerprint density at radius 1 is 1.05 bits per heavy atom. The van der Waals surface area contributed by atoms with E-state index in [9.17, 15) is 4.79 Å². The van der Waals surface area contributed by atoms with E-state index in [1.165, 1.54) is 42.1 Å². The number of nitrogens with zero attached hydrogens (tertiary/aromatic N) is 4. The number of ether oxygens (including phenoxy) is 1. The molecule has 4 aliphatic rings. The second-order valence-corrected chi connectivity index (χ2v) is 13.4. The molecule has 0 unspecified atom stereocenters. The average Bonchev–Trinajstić information content (AvgIpc) is 3.42. The standard InChI is InChI=1S/C34H42N6O2/c1-38-32-26(15-25(17-30(32)42-2)34(41)40-19-24-7-8-27(40)31(24)35)37-33(38)29-16-23-6-5-22(13-20-9-11-36-12-10-20)14-28(23)39(29)18-21-3-4-21/h5-6,14-17,20-21,24,27,31,36H,3-4,7-13,18-19,35H2,1-2H3/t24-,27-,31-/m1/s1. The second-order valence-electron chi connectivity index (χ2n) is 13.4. The van der Waals surface area contributed by atoms with E-state index in [0.717, 1.165) is 79.8 Å². The van der Waals surface area contributed by atoms with E-state index in [1.807, 2.05) is 17.0 Å². The highest BCUT2D eigenvalue weighted by molar-refractivity contribution is 6.00. The van der Waals surface area contributed by atoms with Crippen LogP contribution < -0.4 is 15.8 Å². The molecule has 2 saturated carbocycles. The van der Waals surface area contributed by atoms with Gasteiger partial charge >= 0.3 is 0 Å². The molecule has 2 saturated heterocycles. The summed E-state index contributed by atoms with van der Waals surface area (Å²) in [6.45, 7) is 4.02. The van der Waals surface area contributed by atoms with Gasteiger partial charge in [0.2, 0.25) is 0 Å². The fourth-order valence-electron chi connectivity index (χ4n) is 8.05. The van der Waals surface area contributed by atoms with E-state index in [2.05, 4.69) is 45.8 Å². The van der Waals surface area contributed by atoms with E-state index in [4.69, 9.17) is 15.5 Å². The first-order chi connectivity index (χ1) is 20.5. The summed E-state index contributed by atoms with van der Waals surface area (Å²) in [6.07, 6.45) is 8.35. The van der Waals surface area contributed by atoms with Crippen molar-refractivity contribution in [1.29, 1.82) is 0 Å². The minimum absolute atomic E-state index is 0.0363. The Kier molecular flexibility index (Phi) is 6.34. The predicted molar refractivity (Wildman–Crippen MR) is 166 cm³/mol. The van der Waals surface area contributed by atoms with Crippen molar-refractivity contribution < 1.29 is 9.53 Å². The van der Waals surface area contributed by atoms with Crippen LogP contribution in [-0.2, 0) is 20.0 Å². The summed E-state index contributed by atoms with van der Waals surface area (Å²) in [5, 5.41) is 4.76. The Bertz CT molecular complexity index is 1680. The number of aromatic nitrogens is 3. The molecule has 42 heavy (non-hydrogen) atoms. The number of benzene rings is 2. The fourth-order valence-corrected chi connectivity index (χ4v) is 8.05. The van der Waals surface area contributed by atoms with Crippen LogP contribution in [0.15, 0.2) is 36.4 Å². The largest absolute Gasteiger partial charge is 0.494 e. The number of amides is 1. The van der Waals surface area contributed by atoms with Crippen molar-refractivity contribution in [2.24, 2.45) is 30.5 Å². The smallest absolute Gasteiger partial charge is 0.254 e. The maximum atomic E-state index is 13.7. The number of hydrogen-bond donors (Lipinski definition) is 2. The van der Waals surface area contributed by atoms with Crippen LogP contribution in [0.25, 0.3) is 33.5 Å². The number of aryl methyl sites for hydroxylation is 1. The molecule has 2 aliphatic carbocycles. The maximum absolute atomic E-state index is 13.7. The number of carbonyl (C=O) groups is 1. The van der Waals surface area contributed by atoms with Gasteiger partial charge in [0.15, 0.2) is 5.82 Å². The molecular weight excluding hydrogens is 524 g/mol. The molecule has 8 heteroatoms. The number of fused-ring (bicyclic) bond motifs is 4. The van der Waals surface area contributed by atoms with Crippen molar-refractivity contribution in [2.45, 2.75) is 63.6 Å². The topological polar surface area (TPSA) is 90.3 Å². The third-order valence-corrected chi connectivity index (χ3v) is 10.6. The summed E-state index contributed by atoms with van der Waals surface area (Å²) in [5.41, 5.74) is 12.6. The number of methoxy groups -OCH3 is 1. The van der Waals surface area contributed by atoms with Gasteiger partial charge in [-0.15, -0.1) is 0 Å². The van der Waals surface area contributed by atoms with Gasteiger partial charge in [-0.2, -0.15) is 0 Å². The number of nitrogens with two attached hydrogens (primary N) is 1. The lowest BCUT2D eigenvalue weighted by Crippen LogP contribution is -2.41.